The number of benzene rings is 3. The Morgan fingerprint density at radius 3 is 2.12 bits per heavy atom. The lowest BCUT2D eigenvalue weighted by molar-refractivity contribution is -0.132. The summed E-state index contributed by atoms with van der Waals surface area (Å²) in [6.07, 6.45) is 0. The number of Topliss-reactive ketones (excluding diaryl/α,β-unsaturated/α-hetero) is 1. The number of hydrogen-bond acceptors (Lipinski definition) is 4. The highest BCUT2D eigenvalue weighted by Gasteiger charge is 2.47. The van der Waals surface area contributed by atoms with Gasteiger partial charge in [0.05, 0.1) is 17.2 Å². The number of rotatable bonds is 4. The Bertz CT molecular complexity index is 1350. The van der Waals surface area contributed by atoms with Crippen LogP contribution in [0.2, 0.25) is 0 Å². The molecule has 34 heavy (non-hydrogen) atoms. The highest BCUT2D eigenvalue weighted by Crippen LogP contribution is 2.43. The van der Waals surface area contributed by atoms with E-state index in [2.05, 4.69) is 15.9 Å². The Labute approximate surface area is 205 Å². The van der Waals surface area contributed by atoms with Crippen LogP contribution in [0.1, 0.15) is 44.2 Å². The molecule has 172 valence electrons. The van der Waals surface area contributed by atoms with Crippen LogP contribution in [0.15, 0.2) is 70.7 Å². The SMILES string of the molecule is Cc1cc(C)c(C(O)=C2C(=O)C(=O)N(c3cccc(C(=O)O)c3)[C@H]2c2ccc(Br)cc2)c(C)c1. The minimum atomic E-state index is -1.15. The van der Waals surface area contributed by atoms with Crippen LogP contribution in [0.25, 0.3) is 5.76 Å². The van der Waals surface area contributed by atoms with Crippen LogP contribution in [0, 0.1) is 20.8 Å². The summed E-state index contributed by atoms with van der Waals surface area (Å²) < 4.78 is 0.811. The number of aryl methyl sites for hydroxylation is 3. The first-order valence-electron chi connectivity index (χ1n) is 10.6. The van der Waals surface area contributed by atoms with Crippen molar-refractivity contribution >= 4 is 45.0 Å². The third-order valence-electron chi connectivity index (χ3n) is 5.92. The van der Waals surface area contributed by atoms with Crippen molar-refractivity contribution in [1.82, 2.24) is 0 Å². The largest absolute Gasteiger partial charge is 0.507 e. The van der Waals surface area contributed by atoms with Gasteiger partial charge in [-0.2, -0.15) is 0 Å². The van der Waals surface area contributed by atoms with Crippen molar-refractivity contribution in [2.75, 3.05) is 4.90 Å². The summed E-state index contributed by atoms with van der Waals surface area (Å²) in [5.74, 6) is -3.06. The molecule has 0 spiro atoms. The molecule has 3 aromatic carbocycles. The van der Waals surface area contributed by atoms with Gasteiger partial charge in [-0.15, -0.1) is 0 Å². The van der Waals surface area contributed by atoms with Gasteiger partial charge in [0, 0.05) is 15.7 Å². The van der Waals surface area contributed by atoms with Gasteiger partial charge in [0.15, 0.2) is 0 Å². The number of hydrogen-bond donors (Lipinski definition) is 2. The molecule has 1 aliphatic heterocycles. The van der Waals surface area contributed by atoms with E-state index in [1.807, 2.05) is 32.9 Å². The van der Waals surface area contributed by atoms with Gasteiger partial charge in [0.25, 0.3) is 11.7 Å². The van der Waals surface area contributed by atoms with Gasteiger partial charge in [-0.05, 0) is 67.8 Å². The molecule has 0 aromatic heterocycles. The number of carbonyl (C=O) groups is 3. The first kappa shape index (κ1) is 23.4. The van der Waals surface area contributed by atoms with E-state index in [-0.39, 0.29) is 22.6 Å². The number of halogens is 1. The van der Waals surface area contributed by atoms with E-state index in [4.69, 9.17) is 0 Å². The van der Waals surface area contributed by atoms with Gasteiger partial charge in [-0.25, -0.2) is 4.79 Å². The number of ketones is 1. The van der Waals surface area contributed by atoms with Gasteiger partial charge < -0.3 is 10.2 Å². The molecule has 0 aliphatic carbocycles. The van der Waals surface area contributed by atoms with Crippen molar-refractivity contribution in [2.45, 2.75) is 26.8 Å². The molecule has 1 fully saturated rings. The number of aliphatic hydroxyl groups excluding tert-OH is 1. The molecule has 0 saturated carbocycles. The van der Waals surface area contributed by atoms with Crippen molar-refractivity contribution in [3.63, 3.8) is 0 Å². The van der Waals surface area contributed by atoms with Gasteiger partial charge >= 0.3 is 5.97 Å². The van der Waals surface area contributed by atoms with E-state index in [1.165, 1.54) is 23.1 Å². The van der Waals surface area contributed by atoms with Crippen LogP contribution in [0.3, 0.4) is 0 Å². The second kappa shape index (κ2) is 8.91. The maximum Gasteiger partial charge on any atom is 0.335 e. The van der Waals surface area contributed by atoms with E-state index >= 15 is 0 Å². The maximum absolute atomic E-state index is 13.3. The van der Waals surface area contributed by atoms with Crippen molar-refractivity contribution < 1.29 is 24.6 Å². The first-order valence-corrected chi connectivity index (χ1v) is 11.4. The van der Waals surface area contributed by atoms with Crippen molar-refractivity contribution in [1.29, 1.82) is 0 Å². The summed E-state index contributed by atoms with van der Waals surface area (Å²) in [6, 6.07) is 15.8. The van der Waals surface area contributed by atoms with Crippen LogP contribution >= 0.6 is 15.9 Å². The number of amides is 1. The van der Waals surface area contributed by atoms with Crippen molar-refractivity contribution in [3.8, 4) is 0 Å². The van der Waals surface area contributed by atoms with Gasteiger partial charge in [-0.3, -0.25) is 14.5 Å². The van der Waals surface area contributed by atoms with E-state index in [9.17, 15) is 24.6 Å². The van der Waals surface area contributed by atoms with Crippen LogP contribution in [0.4, 0.5) is 5.69 Å². The Hall–Kier alpha value is -3.71. The molecule has 7 heteroatoms. The van der Waals surface area contributed by atoms with Crippen LogP contribution in [-0.2, 0) is 9.59 Å². The third-order valence-corrected chi connectivity index (χ3v) is 6.44. The Morgan fingerprint density at radius 1 is 0.912 bits per heavy atom. The second-order valence-corrected chi connectivity index (χ2v) is 9.27. The van der Waals surface area contributed by atoms with Crippen LogP contribution in [-0.4, -0.2) is 27.9 Å². The smallest absolute Gasteiger partial charge is 0.335 e. The summed E-state index contributed by atoms with van der Waals surface area (Å²) in [5.41, 5.74) is 3.89. The third kappa shape index (κ3) is 4.03. The second-order valence-electron chi connectivity index (χ2n) is 8.35. The monoisotopic (exact) mass is 519 g/mol. The van der Waals surface area contributed by atoms with E-state index in [1.54, 1.807) is 30.3 Å². The molecular formula is C27H22BrNO5. The number of carboxylic acids is 1. The first-order chi connectivity index (χ1) is 16.1. The van der Waals surface area contributed by atoms with Crippen molar-refractivity contribution in [2.24, 2.45) is 0 Å². The van der Waals surface area contributed by atoms with Crippen LogP contribution < -0.4 is 4.90 Å². The van der Waals surface area contributed by atoms with E-state index in [0.717, 1.165) is 21.2 Å². The molecule has 0 radical (unpaired) electrons. The minimum Gasteiger partial charge on any atom is -0.507 e. The van der Waals surface area contributed by atoms with E-state index in [0.29, 0.717) is 11.1 Å². The molecule has 1 aliphatic rings. The van der Waals surface area contributed by atoms with Gasteiger partial charge in [-0.1, -0.05) is 51.8 Å². The average Bonchev–Trinajstić information content (AvgIpc) is 3.04. The number of anilines is 1. The molecule has 1 saturated heterocycles. The number of carbonyl (C=O) groups excluding carboxylic acids is 2. The fourth-order valence-electron chi connectivity index (χ4n) is 4.54. The maximum atomic E-state index is 13.3. The Balaban J connectivity index is 2.00. The summed E-state index contributed by atoms with van der Waals surface area (Å²) in [4.78, 5) is 39.4. The predicted octanol–water partition coefficient (Wildman–Crippen LogP) is 5.70. The predicted molar refractivity (Wildman–Crippen MR) is 133 cm³/mol. The molecular weight excluding hydrogens is 498 g/mol. The fraction of sp³-hybridized carbons (Fsp3) is 0.148. The molecule has 1 atom stereocenters. The molecule has 1 heterocycles. The average molecular weight is 520 g/mol. The zero-order valence-electron chi connectivity index (χ0n) is 18.8. The minimum absolute atomic E-state index is 0.0146. The fourth-order valence-corrected chi connectivity index (χ4v) is 4.80. The molecule has 0 bridgehead atoms. The lowest BCUT2D eigenvalue weighted by atomic mass is 9.91. The molecule has 2 N–H and O–H groups in total. The van der Waals surface area contributed by atoms with Gasteiger partial charge in [0.1, 0.15) is 5.76 Å². The lowest BCUT2D eigenvalue weighted by Gasteiger charge is -2.26. The molecule has 0 unspecified atom stereocenters. The summed E-state index contributed by atoms with van der Waals surface area (Å²) in [7, 11) is 0. The quantitative estimate of drug-likeness (QED) is 0.262. The standard InChI is InChI=1S/C27H22BrNO5/c1-14-11-15(2)21(16(3)12-14)24(30)22-23(17-7-9-19(28)10-8-17)29(26(32)25(22)31)20-6-4-5-18(13-20)27(33)34/h4-13,23,30H,1-3H3,(H,33,34)/t23-/m0/s1. The summed E-state index contributed by atoms with van der Waals surface area (Å²) in [5, 5.41) is 20.9. The zero-order valence-corrected chi connectivity index (χ0v) is 20.4. The summed E-state index contributed by atoms with van der Waals surface area (Å²) >= 11 is 3.40. The topological polar surface area (TPSA) is 94.9 Å². The number of nitrogens with zero attached hydrogens (tertiary/aromatic N) is 1. The molecule has 4 rings (SSSR count). The lowest BCUT2D eigenvalue weighted by Crippen LogP contribution is -2.29. The normalized spacial score (nSPS) is 17.3. The number of aliphatic hydroxyl groups is 1. The molecule has 6 nitrogen and oxygen atoms in total. The van der Waals surface area contributed by atoms with Crippen LogP contribution in [0.5, 0.6) is 0 Å². The summed E-state index contributed by atoms with van der Waals surface area (Å²) in [6.45, 7) is 5.63. The highest BCUT2D eigenvalue weighted by atomic mass is 79.9. The highest BCUT2D eigenvalue weighted by molar-refractivity contribution is 9.10. The Kier molecular flexibility index (Phi) is 6.15. The van der Waals surface area contributed by atoms with Gasteiger partial charge in [0.2, 0.25) is 0 Å². The zero-order chi connectivity index (χ0) is 24.7. The Morgan fingerprint density at radius 2 is 1.53 bits per heavy atom. The van der Waals surface area contributed by atoms with E-state index < -0.39 is 23.7 Å². The molecule has 3 aromatic rings. The number of aromatic carboxylic acids is 1. The molecule has 1 amide bonds. The van der Waals surface area contributed by atoms with Crippen molar-refractivity contribution in [3.05, 3.63) is 104 Å². The number of carboxylic acid groups (broad SMARTS) is 1.